The summed E-state index contributed by atoms with van der Waals surface area (Å²) in [6, 6.07) is 2.03. The standard InChI is InChI=1S/C16H28N4O/c1-6-21-12-8-7-9-20(11-12)14-10-13(17-5)18-15(19-14)16(2,3)4/h10,12H,6-9,11H2,1-5H3,(H,17,18,19). The van der Waals surface area contributed by atoms with Crippen LogP contribution in [0.2, 0.25) is 0 Å². The lowest BCUT2D eigenvalue weighted by Gasteiger charge is -2.34. The van der Waals surface area contributed by atoms with E-state index < -0.39 is 0 Å². The fraction of sp³-hybridized carbons (Fsp3) is 0.750. The highest BCUT2D eigenvalue weighted by molar-refractivity contribution is 5.50. The molecule has 0 bridgehead atoms. The van der Waals surface area contributed by atoms with Crippen molar-refractivity contribution in [1.82, 2.24) is 9.97 Å². The molecule has 0 radical (unpaired) electrons. The first-order chi connectivity index (χ1) is 9.94. The van der Waals surface area contributed by atoms with E-state index in [-0.39, 0.29) is 5.41 Å². The molecule has 5 nitrogen and oxygen atoms in total. The van der Waals surface area contributed by atoms with Crippen LogP contribution in [0.25, 0.3) is 0 Å². The lowest BCUT2D eigenvalue weighted by Crippen LogP contribution is -2.40. The molecule has 0 aliphatic carbocycles. The molecule has 5 heteroatoms. The number of hydrogen-bond acceptors (Lipinski definition) is 5. The molecule has 0 aromatic carbocycles. The smallest absolute Gasteiger partial charge is 0.138 e. The van der Waals surface area contributed by atoms with Crippen LogP contribution in [0.5, 0.6) is 0 Å². The second-order valence-electron chi connectivity index (χ2n) is 6.60. The van der Waals surface area contributed by atoms with Gasteiger partial charge in [-0.2, -0.15) is 0 Å². The molecule has 1 N–H and O–H groups in total. The molecule has 0 spiro atoms. The van der Waals surface area contributed by atoms with Crippen molar-refractivity contribution in [2.45, 2.75) is 52.1 Å². The molecule has 1 fully saturated rings. The van der Waals surface area contributed by atoms with Gasteiger partial charge in [-0.1, -0.05) is 20.8 Å². The summed E-state index contributed by atoms with van der Waals surface area (Å²) < 4.78 is 5.79. The third kappa shape index (κ3) is 4.06. The van der Waals surface area contributed by atoms with Crippen LogP contribution in [0, 0.1) is 0 Å². The van der Waals surface area contributed by atoms with Crippen molar-refractivity contribution in [1.29, 1.82) is 0 Å². The number of nitrogens with one attached hydrogen (secondary N) is 1. The summed E-state index contributed by atoms with van der Waals surface area (Å²) in [5, 5.41) is 3.15. The number of ether oxygens (including phenoxy) is 1. The average Bonchev–Trinajstić information content (AvgIpc) is 2.46. The molecule has 118 valence electrons. The van der Waals surface area contributed by atoms with E-state index in [0.29, 0.717) is 6.10 Å². The van der Waals surface area contributed by atoms with E-state index in [1.54, 1.807) is 0 Å². The largest absolute Gasteiger partial charge is 0.377 e. The molecule has 2 rings (SSSR count). The van der Waals surface area contributed by atoms with Crippen molar-refractivity contribution < 1.29 is 4.74 Å². The number of anilines is 2. The van der Waals surface area contributed by atoms with Gasteiger partial charge in [0.1, 0.15) is 17.5 Å². The first kappa shape index (κ1) is 16.0. The Bertz CT molecular complexity index is 468. The summed E-state index contributed by atoms with van der Waals surface area (Å²) in [6.07, 6.45) is 2.60. The maximum absolute atomic E-state index is 5.79. The summed E-state index contributed by atoms with van der Waals surface area (Å²) in [4.78, 5) is 11.7. The van der Waals surface area contributed by atoms with E-state index in [4.69, 9.17) is 9.72 Å². The van der Waals surface area contributed by atoms with Crippen molar-refractivity contribution in [2.24, 2.45) is 0 Å². The minimum Gasteiger partial charge on any atom is -0.377 e. The lowest BCUT2D eigenvalue weighted by atomic mass is 9.95. The van der Waals surface area contributed by atoms with E-state index in [1.807, 2.05) is 13.1 Å². The van der Waals surface area contributed by atoms with Crippen LogP contribution in [0.4, 0.5) is 11.6 Å². The Kier molecular flexibility index (Phi) is 5.04. The van der Waals surface area contributed by atoms with Crippen molar-refractivity contribution >= 4 is 11.6 Å². The normalized spacial score (nSPS) is 19.7. The summed E-state index contributed by atoms with van der Waals surface area (Å²) in [7, 11) is 1.90. The van der Waals surface area contributed by atoms with E-state index in [2.05, 4.69) is 42.9 Å². The van der Waals surface area contributed by atoms with E-state index >= 15 is 0 Å². The van der Waals surface area contributed by atoms with Crippen LogP contribution in [0.15, 0.2) is 6.07 Å². The molecule has 1 atom stereocenters. The highest BCUT2D eigenvalue weighted by atomic mass is 16.5. The molecular formula is C16H28N4O. The van der Waals surface area contributed by atoms with E-state index in [0.717, 1.165) is 50.0 Å². The Balaban J connectivity index is 2.25. The molecule has 0 saturated carbocycles. The average molecular weight is 292 g/mol. The SMILES string of the molecule is CCOC1CCCN(c2cc(NC)nc(C(C)(C)C)n2)C1. The number of hydrogen-bond donors (Lipinski definition) is 1. The molecule has 1 aromatic rings. The van der Waals surface area contributed by atoms with Gasteiger partial charge in [0.2, 0.25) is 0 Å². The van der Waals surface area contributed by atoms with Gasteiger partial charge in [0, 0.05) is 38.2 Å². The Labute approximate surface area is 128 Å². The number of aromatic nitrogens is 2. The van der Waals surface area contributed by atoms with Crippen LogP contribution in [0.1, 0.15) is 46.4 Å². The Morgan fingerprint density at radius 1 is 1.38 bits per heavy atom. The second-order valence-corrected chi connectivity index (χ2v) is 6.60. The summed E-state index contributed by atoms with van der Waals surface area (Å²) >= 11 is 0. The maximum atomic E-state index is 5.79. The van der Waals surface area contributed by atoms with Gasteiger partial charge in [-0.25, -0.2) is 9.97 Å². The summed E-state index contributed by atoms with van der Waals surface area (Å²) in [5.41, 5.74) is -0.0588. The summed E-state index contributed by atoms with van der Waals surface area (Å²) in [5.74, 6) is 2.76. The molecule has 1 aromatic heterocycles. The van der Waals surface area contributed by atoms with Crippen molar-refractivity contribution in [3.05, 3.63) is 11.9 Å². The predicted octanol–water partition coefficient (Wildman–Crippen LogP) is 2.82. The quantitative estimate of drug-likeness (QED) is 0.925. The van der Waals surface area contributed by atoms with Gasteiger partial charge in [-0.05, 0) is 19.8 Å². The number of piperidine rings is 1. The lowest BCUT2D eigenvalue weighted by molar-refractivity contribution is 0.0525. The molecule has 1 aliphatic heterocycles. The zero-order valence-corrected chi connectivity index (χ0v) is 13.9. The highest BCUT2D eigenvalue weighted by Gasteiger charge is 2.24. The fourth-order valence-corrected chi connectivity index (χ4v) is 2.58. The fourth-order valence-electron chi connectivity index (χ4n) is 2.58. The summed E-state index contributed by atoms with van der Waals surface area (Å²) in [6.45, 7) is 11.2. The minimum absolute atomic E-state index is 0.0588. The van der Waals surface area contributed by atoms with Gasteiger partial charge < -0.3 is 15.0 Å². The molecule has 21 heavy (non-hydrogen) atoms. The van der Waals surface area contributed by atoms with Crippen molar-refractivity contribution in [2.75, 3.05) is 37.0 Å². The van der Waals surface area contributed by atoms with Gasteiger partial charge in [0.25, 0.3) is 0 Å². The van der Waals surface area contributed by atoms with Gasteiger partial charge in [-0.15, -0.1) is 0 Å². The molecule has 0 amide bonds. The van der Waals surface area contributed by atoms with Crippen LogP contribution in [-0.4, -0.2) is 42.8 Å². The highest BCUT2D eigenvalue weighted by Crippen LogP contribution is 2.26. The zero-order valence-electron chi connectivity index (χ0n) is 13.9. The van der Waals surface area contributed by atoms with Crippen molar-refractivity contribution in [3.8, 4) is 0 Å². The topological polar surface area (TPSA) is 50.3 Å². The third-order valence-corrected chi connectivity index (χ3v) is 3.74. The Morgan fingerprint density at radius 3 is 2.76 bits per heavy atom. The van der Waals surface area contributed by atoms with E-state index in [1.165, 1.54) is 0 Å². The number of rotatable bonds is 4. The maximum Gasteiger partial charge on any atom is 0.138 e. The first-order valence-corrected chi connectivity index (χ1v) is 7.88. The van der Waals surface area contributed by atoms with Gasteiger partial charge >= 0.3 is 0 Å². The van der Waals surface area contributed by atoms with Crippen LogP contribution in [-0.2, 0) is 10.2 Å². The number of nitrogens with zero attached hydrogens (tertiary/aromatic N) is 3. The molecule has 1 unspecified atom stereocenters. The first-order valence-electron chi connectivity index (χ1n) is 7.88. The van der Waals surface area contributed by atoms with Crippen LogP contribution >= 0.6 is 0 Å². The third-order valence-electron chi connectivity index (χ3n) is 3.74. The zero-order chi connectivity index (χ0) is 15.5. The monoisotopic (exact) mass is 292 g/mol. The molecule has 1 aliphatic rings. The Morgan fingerprint density at radius 2 is 2.14 bits per heavy atom. The van der Waals surface area contributed by atoms with Crippen LogP contribution in [0.3, 0.4) is 0 Å². The molecular weight excluding hydrogens is 264 g/mol. The van der Waals surface area contributed by atoms with Gasteiger partial charge in [0.15, 0.2) is 0 Å². The molecule has 1 saturated heterocycles. The van der Waals surface area contributed by atoms with Gasteiger partial charge in [0.05, 0.1) is 6.10 Å². The second kappa shape index (κ2) is 6.60. The predicted molar refractivity (Wildman–Crippen MR) is 87.1 cm³/mol. The molecule has 2 heterocycles. The van der Waals surface area contributed by atoms with Crippen molar-refractivity contribution in [3.63, 3.8) is 0 Å². The van der Waals surface area contributed by atoms with E-state index in [9.17, 15) is 0 Å². The Hall–Kier alpha value is -1.36. The minimum atomic E-state index is -0.0588. The van der Waals surface area contributed by atoms with Gasteiger partial charge in [-0.3, -0.25) is 0 Å². The van der Waals surface area contributed by atoms with Crippen LogP contribution < -0.4 is 10.2 Å².